The number of fused-ring (bicyclic) bond motifs is 3. The lowest BCUT2D eigenvalue weighted by Crippen LogP contribution is -2.13. The molecule has 1 aromatic carbocycles. The Balaban J connectivity index is 1.78. The number of halogens is 1. The van der Waals surface area contributed by atoms with Crippen LogP contribution in [-0.2, 0) is 11.2 Å². The fraction of sp³-hybridized carbons (Fsp3) is 0.125. The number of carbonyl (C=O) groups is 1. The Kier molecular flexibility index (Phi) is 3.24. The Morgan fingerprint density at radius 2 is 2.27 bits per heavy atom. The highest BCUT2D eigenvalue weighted by Crippen LogP contribution is 2.43. The van der Waals surface area contributed by atoms with Crippen molar-refractivity contribution in [1.82, 2.24) is 10.2 Å². The predicted molar refractivity (Wildman–Crippen MR) is 89.5 cm³/mol. The van der Waals surface area contributed by atoms with Crippen LogP contribution in [0.25, 0.3) is 22.5 Å². The highest BCUT2D eigenvalue weighted by atomic mass is 35.5. The molecular weight excluding hydrogens is 318 g/mol. The van der Waals surface area contributed by atoms with E-state index >= 15 is 0 Å². The van der Waals surface area contributed by atoms with E-state index in [0.717, 1.165) is 40.2 Å². The summed E-state index contributed by atoms with van der Waals surface area (Å²) in [6.07, 6.45) is 0.755. The molecule has 0 atom stereocenters. The van der Waals surface area contributed by atoms with E-state index in [9.17, 15) is 4.79 Å². The Morgan fingerprint density at radius 1 is 1.36 bits per heavy atom. The molecule has 0 aliphatic heterocycles. The minimum absolute atomic E-state index is 0.0450. The zero-order valence-corrected chi connectivity index (χ0v) is 13.1. The van der Waals surface area contributed by atoms with Gasteiger partial charge in [-0.25, -0.2) is 0 Å². The van der Waals surface area contributed by atoms with Gasteiger partial charge in [0.25, 0.3) is 0 Å². The number of hydrogen-bond acceptors (Lipinski definition) is 3. The molecule has 1 amide bonds. The van der Waals surface area contributed by atoms with E-state index in [1.165, 1.54) is 5.56 Å². The van der Waals surface area contributed by atoms with Gasteiger partial charge < -0.3 is 5.32 Å². The average molecular weight is 330 g/mol. The number of benzene rings is 1. The quantitative estimate of drug-likeness (QED) is 0.560. The van der Waals surface area contributed by atoms with Crippen LogP contribution in [0.5, 0.6) is 0 Å². The molecule has 2 heterocycles. The minimum Gasteiger partial charge on any atom is -0.325 e. The highest BCUT2D eigenvalue weighted by molar-refractivity contribution is 7.08. The lowest BCUT2D eigenvalue weighted by molar-refractivity contribution is -0.113. The Labute approximate surface area is 136 Å². The van der Waals surface area contributed by atoms with Gasteiger partial charge in [-0.1, -0.05) is 12.1 Å². The number of aromatic nitrogens is 2. The maximum Gasteiger partial charge on any atom is 0.239 e. The van der Waals surface area contributed by atoms with E-state index < -0.39 is 0 Å². The number of nitrogens with one attached hydrogen (secondary N) is 2. The summed E-state index contributed by atoms with van der Waals surface area (Å²) in [4.78, 5) is 11.6. The van der Waals surface area contributed by atoms with Gasteiger partial charge in [0.15, 0.2) is 0 Å². The second-order valence-corrected chi connectivity index (χ2v) is 6.18. The van der Waals surface area contributed by atoms with Crippen LogP contribution in [0.1, 0.15) is 11.1 Å². The Morgan fingerprint density at radius 3 is 3.05 bits per heavy atom. The fourth-order valence-electron chi connectivity index (χ4n) is 2.89. The Bertz CT molecular complexity index is 854. The second kappa shape index (κ2) is 5.26. The van der Waals surface area contributed by atoms with Gasteiger partial charge in [0, 0.05) is 34.2 Å². The van der Waals surface area contributed by atoms with Crippen LogP contribution >= 0.6 is 22.9 Å². The molecule has 2 N–H and O–H groups in total. The lowest BCUT2D eigenvalue weighted by atomic mass is 10.1. The molecule has 110 valence electrons. The van der Waals surface area contributed by atoms with Gasteiger partial charge in [0.05, 0.1) is 11.4 Å². The van der Waals surface area contributed by atoms with Gasteiger partial charge in [0.1, 0.15) is 5.88 Å². The number of carbonyl (C=O) groups excluding carboxylic acids is 1. The van der Waals surface area contributed by atoms with Crippen LogP contribution in [0.2, 0.25) is 0 Å². The summed E-state index contributed by atoms with van der Waals surface area (Å²) >= 11 is 7.24. The monoisotopic (exact) mass is 329 g/mol. The van der Waals surface area contributed by atoms with Crippen molar-refractivity contribution in [2.45, 2.75) is 6.42 Å². The number of aromatic amines is 1. The molecule has 4 rings (SSSR count). The third kappa shape index (κ3) is 2.05. The highest BCUT2D eigenvalue weighted by Gasteiger charge is 2.27. The number of nitrogens with zero attached hydrogens (tertiary/aromatic N) is 1. The summed E-state index contributed by atoms with van der Waals surface area (Å²) in [5.74, 6) is -0.238. The molecule has 0 saturated carbocycles. The molecule has 1 aliphatic rings. The normalized spacial score (nSPS) is 12.0. The van der Waals surface area contributed by atoms with Crippen molar-refractivity contribution in [3.05, 3.63) is 46.2 Å². The van der Waals surface area contributed by atoms with Crippen LogP contribution in [0.4, 0.5) is 5.69 Å². The van der Waals surface area contributed by atoms with Gasteiger partial charge in [-0.3, -0.25) is 9.89 Å². The largest absolute Gasteiger partial charge is 0.325 e. The van der Waals surface area contributed by atoms with Crippen molar-refractivity contribution in [3.63, 3.8) is 0 Å². The zero-order valence-electron chi connectivity index (χ0n) is 11.5. The molecule has 0 spiro atoms. The van der Waals surface area contributed by atoms with Crippen LogP contribution in [-0.4, -0.2) is 22.0 Å². The number of thiophene rings is 1. The van der Waals surface area contributed by atoms with Crippen molar-refractivity contribution >= 4 is 34.5 Å². The predicted octanol–water partition coefficient (Wildman–Crippen LogP) is 3.89. The van der Waals surface area contributed by atoms with Crippen LogP contribution in [0.3, 0.4) is 0 Å². The second-order valence-electron chi connectivity index (χ2n) is 5.13. The number of amides is 1. The first-order valence-electron chi connectivity index (χ1n) is 6.86. The van der Waals surface area contributed by atoms with E-state index in [0.29, 0.717) is 0 Å². The summed E-state index contributed by atoms with van der Waals surface area (Å²) in [6.45, 7) is 0. The molecule has 6 heteroatoms. The Hall–Kier alpha value is -2.11. The fourth-order valence-corrected chi connectivity index (χ4v) is 3.59. The average Bonchev–Trinajstić information content (AvgIpc) is 3.23. The maximum atomic E-state index is 11.6. The van der Waals surface area contributed by atoms with E-state index in [1.807, 2.05) is 23.6 Å². The van der Waals surface area contributed by atoms with Crippen molar-refractivity contribution < 1.29 is 4.79 Å². The molecule has 3 aromatic rings. The first-order valence-corrected chi connectivity index (χ1v) is 8.33. The summed E-state index contributed by atoms with van der Waals surface area (Å²) in [5, 5.41) is 14.6. The number of rotatable bonds is 3. The SMILES string of the molecule is O=C(CCl)Nc1cccc2c1Cc1c(-c3ccsc3)n[nH]c1-2. The first-order chi connectivity index (χ1) is 10.8. The molecule has 0 saturated heterocycles. The molecule has 1 aliphatic carbocycles. The molecule has 0 fully saturated rings. The van der Waals surface area contributed by atoms with Crippen molar-refractivity contribution in [3.8, 4) is 22.5 Å². The first kappa shape index (κ1) is 13.5. The van der Waals surface area contributed by atoms with Crippen molar-refractivity contribution in [1.29, 1.82) is 0 Å². The zero-order chi connectivity index (χ0) is 15.1. The van der Waals surface area contributed by atoms with E-state index in [-0.39, 0.29) is 11.8 Å². The van der Waals surface area contributed by atoms with Crippen molar-refractivity contribution in [2.75, 3.05) is 11.2 Å². The topological polar surface area (TPSA) is 57.8 Å². The number of alkyl halides is 1. The summed E-state index contributed by atoms with van der Waals surface area (Å²) in [5.41, 5.74) is 7.37. The molecule has 4 nitrogen and oxygen atoms in total. The van der Waals surface area contributed by atoms with E-state index in [4.69, 9.17) is 11.6 Å². The van der Waals surface area contributed by atoms with Crippen molar-refractivity contribution in [2.24, 2.45) is 0 Å². The third-order valence-corrected chi connectivity index (χ3v) is 4.78. The van der Waals surface area contributed by atoms with Crippen LogP contribution < -0.4 is 5.32 Å². The standard InChI is InChI=1S/C16H12ClN3OS/c17-7-14(21)18-13-3-1-2-10-11(13)6-12-15(19-20-16(10)12)9-4-5-22-8-9/h1-5,8H,6-7H2,(H,18,21)(H,19,20). The van der Waals surface area contributed by atoms with Crippen LogP contribution in [0.15, 0.2) is 35.0 Å². The van der Waals surface area contributed by atoms with Gasteiger partial charge in [0.2, 0.25) is 5.91 Å². The molecule has 2 aromatic heterocycles. The van der Waals surface area contributed by atoms with E-state index in [2.05, 4.69) is 27.0 Å². The lowest BCUT2D eigenvalue weighted by Gasteiger charge is -2.09. The van der Waals surface area contributed by atoms with Gasteiger partial charge >= 0.3 is 0 Å². The smallest absolute Gasteiger partial charge is 0.239 e. The summed E-state index contributed by atoms with van der Waals surface area (Å²) in [6, 6.07) is 7.96. The van der Waals surface area contributed by atoms with Gasteiger partial charge in [-0.2, -0.15) is 16.4 Å². The summed E-state index contributed by atoms with van der Waals surface area (Å²) in [7, 11) is 0. The maximum absolute atomic E-state index is 11.6. The van der Waals surface area contributed by atoms with Gasteiger partial charge in [-0.15, -0.1) is 11.6 Å². The van der Waals surface area contributed by atoms with E-state index in [1.54, 1.807) is 11.3 Å². The third-order valence-electron chi connectivity index (χ3n) is 3.86. The van der Waals surface area contributed by atoms with Crippen LogP contribution in [0, 0.1) is 0 Å². The molecule has 0 unspecified atom stereocenters. The molecule has 0 bridgehead atoms. The molecule has 0 radical (unpaired) electrons. The molecule has 22 heavy (non-hydrogen) atoms. The number of anilines is 1. The number of H-pyrrole nitrogens is 1. The molecular formula is C16H12ClN3OS. The van der Waals surface area contributed by atoms with Gasteiger partial charge in [-0.05, 0) is 23.1 Å². The summed E-state index contributed by atoms with van der Waals surface area (Å²) < 4.78 is 0. The minimum atomic E-state index is -0.193. The number of hydrogen-bond donors (Lipinski definition) is 2.